The second-order valence-corrected chi connectivity index (χ2v) is 5.41. The van der Waals surface area contributed by atoms with Gasteiger partial charge in [0.1, 0.15) is 5.56 Å². The number of aromatic carboxylic acids is 1. The van der Waals surface area contributed by atoms with Gasteiger partial charge in [-0.2, -0.15) is 0 Å². The van der Waals surface area contributed by atoms with Crippen molar-refractivity contribution in [3.05, 3.63) is 59.4 Å². The van der Waals surface area contributed by atoms with Crippen LogP contribution in [0.5, 0.6) is 5.88 Å². The number of rotatable bonds is 5. The van der Waals surface area contributed by atoms with E-state index in [4.69, 9.17) is 9.84 Å². The Hall–Kier alpha value is -3.15. The Kier molecular flexibility index (Phi) is 4.04. The first-order valence-corrected chi connectivity index (χ1v) is 7.39. The highest BCUT2D eigenvalue weighted by atomic mass is 16.5. The quantitative estimate of drug-likeness (QED) is 0.730. The van der Waals surface area contributed by atoms with E-state index >= 15 is 0 Å². The van der Waals surface area contributed by atoms with E-state index in [1.165, 1.54) is 18.3 Å². The number of ether oxygens (including phenoxy) is 1. The molecule has 1 aromatic carbocycles. The first-order chi connectivity index (χ1) is 11.5. The lowest BCUT2D eigenvalue weighted by Gasteiger charge is -2.07. The molecule has 3 aromatic rings. The molecule has 0 saturated heterocycles. The molecular weight excluding hydrogens is 308 g/mol. The van der Waals surface area contributed by atoms with Gasteiger partial charge in [0.05, 0.1) is 0 Å². The van der Waals surface area contributed by atoms with Gasteiger partial charge >= 0.3 is 5.97 Å². The van der Waals surface area contributed by atoms with Crippen LogP contribution in [0.25, 0.3) is 10.9 Å². The fourth-order valence-corrected chi connectivity index (χ4v) is 2.75. The number of carbonyl (C=O) groups is 2. The molecule has 0 aliphatic heterocycles. The zero-order valence-corrected chi connectivity index (χ0v) is 13.3. The smallest absolute Gasteiger partial charge is 0.341 e. The molecule has 0 saturated carbocycles. The average molecular weight is 324 g/mol. The zero-order chi connectivity index (χ0) is 17.3. The Morgan fingerprint density at radius 2 is 1.96 bits per heavy atom. The van der Waals surface area contributed by atoms with Gasteiger partial charge in [-0.1, -0.05) is 18.2 Å². The van der Waals surface area contributed by atoms with Gasteiger partial charge in [-0.15, -0.1) is 0 Å². The van der Waals surface area contributed by atoms with Crippen LogP contribution in [-0.2, 0) is 7.05 Å². The van der Waals surface area contributed by atoms with Crippen molar-refractivity contribution in [2.75, 3.05) is 6.61 Å². The van der Waals surface area contributed by atoms with Crippen molar-refractivity contribution in [2.45, 2.75) is 6.92 Å². The van der Waals surface area contributed by atoms with Crippen LogP contribution in [0.1, 0.15) is 26.4 Å². The molecule has 0 unspecified atom stereocenters. The fourth-order valence-electron chi connectivity index (χ4n) is 2.75. The number of aromatic nitrogens is 2. The molecule has 122 valence electrons. The number of carboxylic acid groups (broad SMARTS) is 1. The fraction of sp³-hybridized carbons (Fsp3) is 0.167. The summed E-state index contributed by atoms with van der Waals surface area (Å²) in [5.41, 5.74) is 2.31. The number of para-hydroxylation sites is 1. The maximum absolute atomic E-state index is 12.6. The molecule has 0 atom stereocenters. The van der Waals surface area contributed by atoms with Gasteiger partial charge in [-0.25, -0.2) is 9.78 Å². The molecule has 2 heterocycles. The number of Topliss-reactive ketones (excluding diaryl/α,β-unsaturated/α-hetero) is 1. The lowest BCUT2D eigenvalue weighted by Crippen LogP contribution is -2.15. The molecule has 0 amide bonds. The van der Waals surface area contributed by atoms with E-state index in [0.717, 1.165) is 16.6 Å². The minimum atomic E-state index is -1.15. The molecule has 6 nitrogen and oxygen atoms in total. The van der Waals surface area contributed by atoms with E-state index < -0.39 is 5.97 Å². The van der Waals surface area contributed by atoms with Crippen LogP contribution in [0.4, 0.5) is 0 Å². The molecule has 0 fully saturated rings. The van der Waals surface area contributed by atoms with Gasteiger partial charge in [0.15, 0.2) is 6.61 Å². The van der Waals surface area contributed by atoms with Crippen molar-refractivity contribution in [3.8, 4) is 5.88 Å². The number of aryl methyl sites for hydroxylation is 1. The highest BCUT2D eigenvalue weighted by Gasteiger charge is 2.20. The van der Waals surface area contributed by atoms with Crippen LogP contribution in [0, 0.1) is 6.92 Å². The van der Waals surface area contributed by atoms with E-state index in [0.29, 0.717) is 5.56 Å². The number of carboxylic acids is 1. The maximum Gasteiger partial charge on any atom is 0.341 e. The second-order valence-electron chi connectivity index (χ2n) is 5.41. The minimum absolute atomic E-state index is 0.0590. The SMILES string of the molecule is Cc1c(C(=O)COc2ncccc2C(=O)O)c2ccccc2n1C. The molecule has 0 radical (unpaired) electrons. The zero-order valence-electron chi connectivity index (χ0n) is 13.3. The van der Waals surface area contributed by atoms with Gasteiger partial charge in [0.2, 0.25) is 11.7 Å². The summed E-state index contributed by atoms with van der Waals surface area (Å²) in [6.07, 6.45) is 1.43. The first kappa shape index (κ1) is 15.7. The van der Waals surface area contributed by atoms with Crippen molar-refractivity contribution in [1.82, 2.24) is 9.55 Å². The standard InChI is InChI=1S/C18H16N2O4/c1-11-16(12-6-3-4-8-14(12)20(11)2)15(21)10-24-17-13(18(22)23)7-5-9-19-17/h3-9H,10H2,1-2H3,(H,22,23). The van der Waals surface area contributed by atoms with Crippen molar-refractivity contribution in [3.63, 3.8) is 0 Å². The maximum atomic E-state index is 12.6. The van der Waals surface area contributed by atoms with E-state index in [-0.39, 0.29) is 23.8 Å². The average Bonchev–Trinajstić information content (AvgIpc) is 2.84. The molecular formula is C18H16N2O4. The van der Waals surface area contributed by atoms with Gasteiger partial charge in [-0.05, 0) is 25.1 Å². The summed E-state index contributed by atoms with van der Waals surface area (Å²) in [5.74, 6) is -1.42. The number of nitrogens with zero attached hydrogens (tertiary/aromatic N) is 2. The Labute approximate surface area is 138 Å². The third-order valence-electron chi connectivity index (χ3n) is 4.02. The Morgan fingerprint density at radius 3 is 2.71 bits per heavy atom. The number of benzene rings is 1. The number of ketones is 1. The highest BCUT2D eigenvalue weighted by Crippen LogP contribution is 2.25. The molecule has 0 bridgehead atoms. The minimum Gasteiger partial charge on any atom is -0.477 e. The van der Waals surface area contributed by atoms with Crippen LogP contribution < -0.4 is 4.74 Å². The molecule has 0 spiro atoms. The first-order valence-electron chi connectivity index (χ1n) is 7.39. The summed E-state index contributed by atoms with van der Waals surface area (Å²) in [6.45, 7) is 1.60. The van der Waals surface area contributed by atoms with E-state index in [9.17, 15) is 9.59 Å². The molecule has 2 aromatic heterocycles. The topological polar surface area (TPSA) is 81.4 Å². The molecule has 0 aliphatic carbocycles. The Balaban J connectivity index is 1.90. The Morgan fingerprint density at radius 1 is 1.21 bits per heavy atom. The predicted octanol–water partition coefficient (Wildman–Crippen LogP) is 2.84. The molecule has 0 aliphatic rings. The van der Waals surface area contributed by atoms with Crippen LogP contribution in [0.2, 0.25) is 0 Å². The molecule has 1 N–H and O–H groups in total. The van der Waals surface area contributed by atoms with Crippen LogP contribution >= 0.6 is 0 Å². The lowest BCUT2D eigenvalue weighted by molar-refractivity contribution is 0.0687. The third-order valence-corrected chi connectivity index (χ3v) is 4.02. The van der Waals surface area contributed by atoms with Gasteiger partial charge in [0, 0.05) is 35.4 Å². The van der Waals surface area contributed by atoms with Crippen LogP contribution in [0.15, 0.2) is 42.6 Å². The van der Waals surface area contributed by atoms with Crippen LogP contribution in [-0.4, -0.2) is 33.0 Å². The summed E-state index contributed by atoms with van der Waals surface area (Å²) in [6, 6.07) is 10.5. The normalized spacial score (nSPS) is 10.8. The summed E-state index contributed by atoms with van der Waals surface area (Å²) in [5, 5.41) is 9.98. The highest BCUT2D eigenvalue weighted by molar-refractivity contribution is 6.10. The Bertz CT molecular complexity index is 943. The number of pyridine rings is 1. The number of carbonyl (C=O) groups excluding carboxylic acids is 1. The lowest BCUT2D eigenvalue weighted by atomic mass is 10.1. The van der Waals surface area contributed by atoms with Gasteiger partial charge < -0.3 is 14.4 Å². The third kappa shape index (κ3) is 2.62. The summed E-state index contributed by atoms with van der Waals surface area (Å²) < 4.78 is 7.33. The second kappa shape index (κ2) is 6.16. The van der Waals surface area contributed by atoms with Crippen molar-refractivity contribution >= 4 is 22.7 Å². The summed E-state index contributed by atoms with van der Waals surface area (Å²) in [4.78, 5) is 27.7. The van der Waals surface area contributed by atoms with Gasteiger partial charge in [-0.3, -0.25) is 4.79 Å². The van der Waals surface area contributed by atoms with E-state index in [1.54, 1.807) is 0 Å². The summed E-state index contributed by atoms with van der Waals surface area (Å²) in [7, 11) is 1.90. The largest absolute Gasteiger partial charge is 0.477 e. The monoisotopic (exact) mass is 324 g/mol. The van der Waals surface area contributed by atoms with Crippen molar-refractivity contribution in [2.24, 2.45) is 7.05 Å². The van der Waals surface area contributed by atoms with Crippen molar-refractivity contribution in [1.29, 1.82) is 0 Å². The molecule has 6 heteroatoms. The number of fused-ring (bicyclic) bond motifs is 1. The van der Waals surface area contributed by atoms with E-state index in [2.05, 4.69) is 4.98 Å². The number of hydrogen-bond acceptors (Lipinski definition) is 4. The molecule has 3 rings (SSSR count). The number of hydrogen-bond donors (Lipinski definition) is 1. The van der Waals surface area contributed by atoms with Crippen LogP contribution in [0.3, 0.4) is 0 Å². The van der Waals surface area contributed by atoms with Crippen molar-refractivity contribution < 1.29 is 19.4 Å². The predicted molar refractivity (Wildman–Crippen MR) is 88.7 cm³/mol. The summed E-state index contributed by atoms with van der Waals surface area (Å²) >= 11 is 0. The molecule has 24 heavy (non-hydrogen) atoms. The van der Waals surface area contributed by atoms with Gasteiger partial charge in [0.25, 0.3) is 0 Å². The van der Waals surface area contributed by atoms with E-state index in [1.807, 2.05) is 42.8 Å².